The molecule has 0 unspecified atom stereocenters. The first kappa shape index (κ1) is 21.9. The van der Waals surface area contributed by atoms with Crippen molar-refractivity contribution in [1.29, 1.82) is 0 Å². The average Bonchev–Trinajstić information content (AvgIpc) is 2.66. The van der Waals surface area contributed by atoms with Gasteiger partial charge in [-0.1, -0.05) is 29.8 Å². The van der Waals surface area contributed by atoms with Crippen molar-refractivity contribution in [3.8, 4) is 0 Å². The van der Waals surface area contributed by atoms with Gasteiger partial charge in [0.25, 0.3) is 0 Å². The first-order chi connectivity index (χ1) is 13.8. The zero-order valence-corrected chi connectivity index (χ0v) is 16.6. The van der Waals surface area contributed by atoms with Crippen molar-refractivity contribution in [2.24, 2.45) is 0 Å². The van der Waals surface area contributed by atoms with Crippen molar-refractivity contribution in [3.05, 3.63) is 67.6 Å². The molecule has 10 nitrogen and oxygen atoms in total. The number of hydrogen-bond acceptors (Lipinski definition) is 5. The highest BCUT2D eigenvalue weighted by atomic mass is 35.5. The molecule has 0 aliphatic heterocycles. The van der Waals surface area contributed by atoms with Gasteiger partial charge < -0.3 is 15.2 Å². The maximum Gasteiger partial charge on any atom is 0.357 e. The van der Waals surface area contributed by atoms with E-state index in [1.54, 1.807) is 38.1 Å². The van der Waals surface area contributed by atoms with Crippen LogP contribution in [-0.4, -0.2) is 39.5 Å². The lowest BCUT2D eigenvalue weighted by Crippen LogP contribution is -2.45. The molecule has 0 saturated heterocycles. The third-order valence-corrected chi connectivity index (χ3v) is 4.37. The van der Waals surface area contributed by atoms with Crippen LogP contribution in [0.2, 0.25) is 5.02 Å². The fraction of sp³-hybridized carbons (Fsp3) is 0.278. The second-order valence-corrected chi connectivity index (χ2v) is 6.28. The van der Waals surface area contributed by atoms with Gasteiger partial charge in [-0.3, -0.25) is 14.9 Å². The number of hydrogen-bond donors (Lipinski definition) is 2. The zero-order valence-electron chi connectivity index (χ0n) is 15.8. The molecule has 2 rings (SSSR count). The Morgan fingerprint density at radius 1 is 1.21 bits per heavy atom. The minimum atomic E-state index is -0.909. The molecule has 0 atom stereocenters. The summed E-state index contributed by atoms with van der Waals surface area (Å²) in [5, 5.41) is 16.6. The summed E-state index contributed by atoms with van der Waals surface area (Å²) in [4.78, 5) is 48.4. The van der Waals surface area contributed by atoms with E-state index in [1.165, 1.54) is 12.3 Å². The van der Waals surface area contributed by atoms with Crippen molar-refractivity contribution >= 4 is 35.0 Å². The van der Waals surface area contributed by atoms with Crippen LogP contribution in [0.3, 0.4) is 0 Å². The van der Waals surface area contributed by atoms with Gasteiger partial charge in [-0.25, -0.2) is 14.5 Å². The van der Waals surface area contributed by atoms with E-state index in [0.717, 1.165) is 9.47 Å². The molecule has 1 heterocycles. The van der Waals surface area contributed by atoms with E-state index in [9.17, 15) is 24.5 Å². The lowest BCUT2D eigenvalue weighted by molar-refractivity contribution is -0.385. The van der Waals surface area contributed by atoms with E-state index in [2.05, 4.69) is 10.6 Å². The maximum atomic E-state index is 12.6. The Bertz CT molecular complexity index is 991. The van der Waals surface area contributed by atoms with Gasteiger partial charge in [0.2, 0.25) is 0 Å². The Labute approximate surface area is 171 Å². The van der Waals surface area contributed by atoms with Crippen LogP contribution >= 0.6 is 11.6 Å². The second kappa shape index (κ2) is 9.69. The minimum absolute atomic E-state index is 0.0214. The Kier molecular flexibility index (Phi) is 7.32. The van der Waals surface area contributed by atoms with Crippen LogP contribution in [0.4, 0.5) is 21.0 Å². The summed E-state index contributed by atoms with van der Waals surface area (Å²) < 4.78 is 1.12. The van der Waals surface area contributed by atoms with Crippen LogP contribution in [0, 0.1) is 10.1 Å². The van der Waals surface area contributed by atoms with E-state index in [4.69, 9.17) is 11.6 Å². The zero-order chi connectivity index (χ0) is 21.6. The smallest absolute Gasteiger partial charge is 0.338 e. The highest BCUT2D eigenvalue weighted by molar-refractivity contribution is 6.31. The predicted octanol–water partition coefficient (Wildman–Crippen LogP) is 3.04. The van der Waals surface area contributed by atoms with Gasteiger partial charge in [-0.2, -0.15) is 0 Å². The summed E-state index contributed by atoms with van der Waals surface area (Å²) in [6.07, 6.45) is 1.32. The predicted molar refractivity (Wildman–Crippen MR) is 108 cm³/mol. The molecule has 154 valence electrons. The molecule has 0 radical (unpaired) electrons. The SMILES string of the molecule is CCNC(=O)N(CC)C(=O)Nc1ccn(Cc2ccccc2Cl)c(=O)c1[N+](=O)[O-]. The number of nitrogens with one attached hydrogen (secondary N) is 2. The van der Waals surface area contributed by atoms with Crippen molar-refractivity contribution in [2.75, 3.05) is 18.4 Å². The van der Waals surface area contributed by atoms with Crippen LogP contribution in [0.1, 0.15) is 19.4 Å². The van der Waals surface area contributed by atoms with Crippen molar-refractivity contribution in [2.45, 2.75) is 20.4 Å². The Balaban J connectivity index is 2.36. The molecule has 11 heteroatoms. The lowest BCUT2D eigenvalue weighted by atomic mass is 10.2. The third-order valence-electron chi connectivity index (χ3n) is 4.00. The molecule has 29 heavy (non-hydrogen) atoms. The van der Waals surface area contributed by atoms with E-state index in [1.807, 2.05) is 0 Å². The molecule has 0 aliphatic carbocycles. The number of carbonyl (C=O) groups excluding carboxylic acids is 2. The molecule has 1 aromatic heterocycles. The fourth-order valence-corrected chi connectivity index (χ4v) is 2.78. The molecule has 0 fully saturated rings. The number of urea groups is 2. The number of benzene rings is 1. The molecule has 0 spiro atoms. The molecule has 4 amide bonds. The molecule has 0 saturated carbocycles. The van der Waals surface area contributed by atoms with E-state index < -0.39 is 28.2 Å². The Morgan fingerprint density at radius 3 is 2.48 bits per heavy atom. The average molecular weight is 422 g/mol. The molecule has 1 aromatic carbocycles. The van der Waals surface area contributed by atoms with Gasteiger partial charge in [-0.05, 0) is 31.5 Å². The number of amides is 4. The van der Waals surface area contributed by atoms with Crippen LogP contribution in [0.5, 0.6) is 0 Å². The Hall–Kier alpha value is -3.40. The number of anilines is 1. The molecular weight excluding hydrogens is 402 g/mol. The summed E-state index contributed by atoms with van der Waals surface area (Å²) in [6.45, 7) is 3.63. The highest BCUT2D eigenvalue weighted by Gasteiger charge is 2.26. The van der Waals surface area contributed by atoms with E-state index in [0.29, 0.717) is 17.1 Å². The van der Waals surface area contributed by atoms with Crippen LogP contribution in [-0.2, 0) is 6.54 Å². The lowest BCUT2D eigenvalue weighted by Gasteiger charge is -2.19. The number of pyridine rings is 1. The molecule has 2 N–H and O–H groups in total. The number of halogens is 1. The molecule has 0 bridgehead atoms. The van der Waals surface area contributed by atoms with E-state index >= 15 is 0 Å². The maximum absolute atomic E-state index is 12.6. The van der Waals surface area contributed by atoms with Gasteiger partial charge in [0.15, 0.2) is 0 Å². The summed E-state index contributed by atoms with van der Waals surface area (Å²) >= 11 is 6.09. The summed E-state index contributed by atoms with van der Waals surface area (Å²) in [5.74, 6) is 0. The normalized spacial score (nSPS) is 10.3. The number of nitro groups is 1. The highest BCUT2D eigenvalue weighted by Crippen LogP contribution is 2.21. The van der Waals surface area contributed by atoms with Crippen molar-refractivity contribution in [3.63, 3.8) is 0 Å². The van der Waals surface area contributed by atoms with Crippen LogP contribution in [0.25, 0.3) is 0 Å². The van der Waals surface area contributed by atoms with Gasteiger partial charge in [0.1, 0.15) is 5.69 Å². The van der Waals surface area contributed by atoms with E-state index in [-0.39, 0.29) is 18.8 Å². The Morgan fingerprint density at radius 2 is 1.90 bits per heavy atom. The first-order valence-electron chi connectivity index (χ1n) is 8.77. The van der Waals surface area contributed by atoms with Gasteiger partial charge >= 0.3 is 23.3 Å². The number of aromatic nitrogens is 1. The largest absolute Gasteiger partial charge is 0.357 e. The summed E-state index contributed by atoms with van der Waals surface area (Å²) in [5.41, 5.74) is -1.41. The van der Waals surface area contributed by atoms with Gasteiger partial charge in [0.05, 0.1) is 11.5 Å². The van der Waals surface area contributed by atoms with Crippen molar-refractivity contribution < 1.29 is 14.5 Å². The van der Waals surface area contributed by atoms with Gasteiger partial charge in [0, 0.05) is 24.3 Å². The molecular formula is C18H20ClN5O5. The minimum Gasteiger partial charge on any atom is -0.338 e. The van der Waals surface area contributed by atoms with Crippen LogP contribution in [0.15, 0.2) is 41.3 Å². The molecule has 2 aromatic rings. The van der Waals surface area contributed by atoms with Crippen molar-refractivity contribution in [1.82, 2.24) is 14.8 Å². The number of imide groups is 1. The number of rotatable bonds is 6. The molecule has 0 aliphatic rings. The number of nitrogens with zero attached hydrogens (tertiary/aromatic N) is 3. The first-order valence-corrected chi connectivity index (χ1v) is 9.15. The van der Waals surface area contributed by atoms with Crippen LogP contribution < -0.4 is 16.2 Å². The topological polar surface area (TPSA) is 127 Å². The second-order valence-electron chi connectivity index (χ2n) is 5.87. The standard InChI is InChI=1S/C18H20ClN5O5/c1-3-20-17(26)23(4-2)18(27)21-14-9-10-22(16(25)15(14)24(28)29)11-12-7-5-6-8-13(12)19/h5-10H,3-4,11H2,1-2H3,(H,20,26)(H,21,27). The summed E-state index contributed by atoms with van der Waals surface area (Å²) in [7, 11) is 0. The van der Waals surface area contributed by atoms with Gasteiger partial charge in [-0.15, -0.1) is 0 Å². The quantitative estimate of drug-likeness (QED) is 0.547. The summed E-state index contributed by atoms with van der Waals surface area (Å²) in [6, 6.07) is 6.50. The fourth-order valence-electron chi connectivity index (χ4n) is 2.58. The monoisotopic (exact) mass is 421 g/mol. The number of carbonyl (C=O) groups is 2. The third kappa shape index (κ3) is 5.11.